The van der Waals surface area contributed by atoms with E-state index in [1.807, 2.05) is 13.8 Å². The predicted octanol–water partition coefficient (Wildman–Crippen LogP) is 5.87. The number of carbonyl (C=O) groups is 18. The Bertz CT molecular complexity index is 3430. The van der Waals surface area contributed by atoms with E-state index < -0.39 is 221 Å². The van der Waals surface area contributed by atoms with Crippen molar-refractivity contribution in [2.24, 2.45) is 0 Å². The first kappa shape index (κ1) is 70.8. The molecule has 0 unspecified atom stereocenters. The summed E-state index contributed by atoms with van der Waals surface area (Å²) in [6, 6.07) is 0. The van der Waals surface area contributed by atoms with E-state index in [0.717, 1.165) is 38.5 Å². The van der Waals surface area contributed by atoms with Gasteiger partial charge in [0.25, 0.3) is 0 Å². The third kappa shape index (κ3) is 15.6. The largest absolute Gasteiger partial charge is 0.478 e. The van der Waals surface area contributed by atoms with E-state index in [4.69, 9.17) is 9.47 Å². The van der Waals surface area contributed by atoms with E-state index in [1.54, 1.807) is 0 Å². The topological polar surface area (TPSA) is 587 Å². The monoisotopic (exact) mass is 1240 g/mol. The molecule has 3 aromatic carbocycles. The quantitative estimate of drug-likeness (QED) is 0.0144. The normalized spacial score (nSPS) is 10.7. The van der Waals surface area contributed by atoms with E-state index in [9.17, 15) is 148 Å². The van der Waals surface area contributed by atoms with Crippen LogP contribution in [0.1, 0.15) is 290 Å². The second-order valence-electron chi connectivity index (χ2n) is 18.3. The number of esters is 6. The zero-order chi connectivity index (χ0) is 66.9. The van der Waals surface area contributed by atoms with Crippen LogP contribution in [0.2, 0.25) is 0 Å². The molecule has 34 heteroatoms. The molecule has 3 rings (SSSR count). The van der Waals surface area contributed by atoms with E-state index in [2.05, 4.69) is 9.47 Å². The van der Waals surface area contributed by atoms with Crippen LogP contribution in [0.3, 0.4) is 0 Å². The van der Waals surface area contributed by atoms with Gasteiger partial charge in [0.2, 0.25) is 0 Å². The van der Waals surface area contributed by atoms with Gasteiger partial charge in [-0.2, -0.15) is 0 Å². The molecule has 0 bridgehead atoms. The summed E-state index contributed by atoms with van der Waals surface area (Å²) in [7, 11) is 0. The molecule has 0 spiro atoms. The van der Waals surface area contributed by atoms with E-state index in [0.29, 0.717) is 25.7 Å². The molecule has 0 aliphatic rings. The lowest BCUT2D eigenvalue weighted by atomic mass is 9.85. The van der Waals surface area contributed by atoms with Crippen LogP contribution in [-0.2, 0) is 18.9 Å². The molecule has 3 aromatic rings. The lowest BCUT2D eigenvalue weighted by Crippen LogP contribution is -2.33. The summed E-state index contributed by atoms with van der Waals surface area (Å²) in [5.41, 5.74) is -41.1. The van der Waals surface area contributed by atoms with E-state index >= 15 is 0 Å². The third-order valence-corrected chi connectivity index (χ3v) is 12.6. The molecule has 12 N–H and O–H groups in total. The molecule has 0 aliphatic carbocycles. The van der Waals surface area contributed by atoms with Crippen molar-refractivity contribution in [3.05, 3.63) is 100 Å². The zero-order valence-corrected chi connectivity index (χ0v) is 45.7. The first-order chi connectivity index (χ1) is 41.2. The Morgan fingerprint density at radius 3 is 0.534 bits per heavy atom. The number of aromatic carboxylic acids is 12. The van der Waals surface area contributed by atoms with Gasteiger partial charge in [-0.15, -0.1) is 0 Å². The fraction of sp³-hybridized carbons (Fsp3) is 0.333. The smallest absolute Gasteiger partial charge is 0.347 e. The standard InChI is InChI=1S/C54H50O34/c1-3-5-7-9-11-12-14-16-18-86-50(80)35-33(49(79)85-17-15-13-10-8-6-4-2)29(47(75)76)30(48(77)78)34(53(83)87-51(81)31-25(43(67)68)21(39(59)60)19(37(55)56)22(40(61)62)26(31)44(69)70)36(35)54(84)88-52(82)32-27(45(71)72)23(41(63)64)20(38(57)58)24(42(65)66)28(32)46(73)74/h3-18H2,1-2H3,(H,55,56)(H,57,58)(H,59,60)(H,61,62)(H,63,64)(H,65,66)(H,67,68)(H,69,70)(H,71,72)(H,73,74)(H,75,76)(H,77,78). The molecular formula is C54H50O34. The molecule has 0 amide bonds. The third-order valence-electron chi connectivity index (χ3n) is 12.6. The SMILES string of the molecule is CCCCCCCCCCOC(=O)c1c(C(=O)OCCCCCCCC)c(C(=O)O)c(C(=O)O)c(C(=O)OC(=O)c2c(C(=O)O)c(C(=O)O)c(C(=O)O)c(C(=O)O)c2C(=O)O)c1C(=O)OC(=O)c1c(C(=O)O)c(C(=O)O)c(C(=O)O)c(C(=O)O)c1C(=O)O. The van der Waals surface area contributed by atoms with Gasteiger partial charge in [0, 0.05) is 0 Å². The van der Waals surface area contributed by atoms with Crippen LogP contribution in [0, 0.1) is 0 Å². The highest BCUT2D eigenvalue weighted by molar-refractivity contribution is 6.29. The number of ether oxygens (including phenoxy) is 4. The van der Waals surface area contributed by atoms with Crippen molar-refractivity contribution >= 4 is 107 Å². The summed E-state index contributed by atoms with van der Waals surface area (Å²) in [6.45, 7) is 2.17. The van der Waals surface area contributed by atoms with Crippen molar-refractivity contribution in [1.29, 1.82) is 0 Å². The van der Waals surface area contributed by atoms with Crippen molar-refractivity contribution in [2.75, 3.05) is 13.2 Å². The fourth-order valence-electron chi connectivity index (χ4n) is 9.01. The number of unbranched alkanes of at least 4 members (excludes halogenated alkanes) is 12. The molecule has 470 valence electrons. The molecule has 0 aromatic heterocycles. The molecule has 88 heavy (non-hydrogen) atoms. The Morgan fingerprint density at radius 1 is 0.205 bits per heavy atom. The van der Waals surface area contributed by atoms with Crippen molar-refractivity contribution in [3.63, 3.8) is 0 Å². The Balaban J connectivity index is 2.81. The summed E-state index contributed by atoms with van der Waals surface area (Å²) in [4.78, 5) is 240. The number of hydrogen-bond donors (Lipinski definition) is 12. The number of benzene rings is 3. The Hall–Kier alpha value is -11.5. The highest BCUT2D eigenvalue weighted by Gasteiger charge is 2.48. The van der Waals surface area contributed by atoms with E-state index in [1.165, 1.54) is 0 Å². The molecule has 0 aliphatic heterocycles. The molecule has 0 fully saturated rings. The number of carbonyl (C=O) groups excluding carboxylic acids is 6. The van der Waals surface area contributed by atoms with Gasteiger partial charge in [0.15, 0.2) is 0 Å². The van der Waals surface area contributed by atoms with Crippen LogP contribution in [-0.4, -0.2) is 182 Å². The minimum Gasteiger partial charge on any atom is -0.478 e. The van der Waals surface area contributed by atoms with Crippen LogP contribution < -0.4 is 0 Å². The van der Waals surface area contributed by atoms with Gasteiger partial charge in [-0.1, -0.05) is 90.9 Å². The van der Waals surface area contributed by atoms with Gasteiger partial charge in [0.1, 0.15) is 0 Å². The molecule has 0 radical (unpaired) electrons. The summed E-state index contributed by atoms with van der Waals surface area (Å²) in [5, 5.41) is 122. The van der Waals surface area contributed by atoms with Crippen LogP contribution >= 0.6 is 0 Å². The van der Waals surface area contributed by atoms with Crippen molar-refractivity contribution < 1.29 is 167 Å². The molecule has 0 saturated carbocycles. The first-order valence-electron chi connectivity index (χ1n) is 25.6. The number of carboxylic acids is 12. The number of carboxylic acid groups (broad SMARTS) is 12. The van der Waals surface area contributed by atoms with Gasteiger partial charge in [-0.25, -0.2) is 86.3 Å². The van der Waals surface area contributed by atoms with Gasteiger partial charge in [-0.3, -0.25) is 0 Å². The van der Waals surface area contributed by atoms with Gasteiger partial charge < -0.3 is 80.2 Å². The summed E-state index contributed by atoms with van der Waals surface area (Å²) >= 11 is 0. The molecular weight excluding hydrogens is 1190 g/mol. The number of hydrogen-bond acceptors (Lipinski definition) is 22. The second-order valence-corrected chi connectivity index (χ2v) is 18.3. The van der Waals surface area contributed by atoms with Crippen LogP contribution in [0.5, 0.6) is 0 Å². The van der Waals surface area contributed by atoms with Crippen LogP contribution in [0.4, 0.5) is 0 Å². The van der Waals surface area contributed by atoms with Gasteiger partial charge in [-0.05, 0) is 12.8 Å². The molecule has 0 atom stereocenters. The summed E-state index contributed by atoms with van der Waals surface area (Å²) in [6.07, 6.45) is 7.04. The molecule has 0 heterocycles. The lowest BCUT2D eigenvalue weighted by molar-refractivity contribution is 0.0340. The summed E-state index contributed by atoms with van der Waals surface area (Å²) in [5.74, 6) is -49.9. The average molecular weight is 1240 g/mol. The van der Waals surface area contributed by atoms with Crippen molar-refractivity contribution in [3.8, 4) is 0 Å². The van der Waals surface area contributed by atoms with Gasteiger partial charge >= 0.3 is 107 Å². The Labute approximate surface area is 490 Å². The molecule has 0 saturated heterocycles. The molecule has 34 nitrogen and oxygen atoms in total. The maximum atomic E-state index is 15.0. The van der Waals surface area contributed by atoms with Crippen molar-refractivity contribution in [1.82, 2.24) is 0 Å². The lowest BCUT2D eigenvalue weighted by Gasteiger charge is -2.21. The highest BCUT2D eigenvalue weighted by atomic mass is 16.6. The zero-order valence-electron chi connectivity index (χ0n) is 45.7. The minimum absolute atomic E-state index is 0.107. The maximum absolute atomic E-state index is 15.0. The minimum atomic E-state index is -3.07. The van der Waals surface area contributed by atoms with E-state index in [-0.39, 0.29) is 25.7 Å². The maximum Gasteiger partial charge on any atom is 0.347 e. The predicted molar refractivity (Wildman–Crippen MR) is 279 cm³/mol. The highest BCUT2D eigenvalue weighted by Crippen LogP contribution is 2.37. The Kier molecular flexibility index (Phi) is 24.8. The average Bonchev–Trinajstić information content (AvgIpc) is 0.756. The van der Waals surface area contributed by atoms with Crippen LogP contribution in [0.25, 0.3) is 0 Å². The van der Waals surface area contributed by atoms with Crippen molar-refractivity contribution in [2.45, 2.75) is 104 Å². The fourth-order valence-corrected chi connectivity index (χ4v) is 9.01. The Morgan fingerprint density at radius 2 is 0.341 bits per heavy atom. The van der Waals surface area contributed by atoms with Crippen LogP contribution in [0.15, 0.2) is 0 Å². The van der Waals surface area contributed by atoms with Gasteiger partial charge in [0.05, 0.1) is 113 Å². The number of rotatable bonds is 34. The summed E-state index contributed by atoms with van der Waals surface area (Å²) < 4.78 is 19.5. The first-order valence-corrected chi connectivity index (χ1v) is 25.6. The second kappa shape index (κ2) is 30.9.